The average molecular weight is 283 g/mol. The first-order valence-electron chi connectivity index (χ1n) is 6.08. The number of allylic oxidation sites excluding steroid dienone is 1. The van der Waals surface area contributed by atoms with E-state index in [0.717, 1.165) is 17.7 Å². The Kier molecular flexibility index (Phi) is 3.52. The van der Waals surface area contributed by atoms with E-state index in [2.05, 4.69) is 0 Å². The molecule has 2 rings (SSSR count). The lowest BCUT2D eigenvalue weighted by molar-refractivity contribution is -0.137. The Morgan fingerprint density at radius 3 is 2.20 bits per heavy atom. The van der Waals surface area contributed by atoms with Crippen molar-refractivity contribution in [1.82, 2.24) is 0 Å². The van der Waals surface area contributed by atoms with E-state index in [1.54, 1.807) is 12.2 Å². The smallest absolute Gasteiger partial charge is 0.400 e. The van der Waals surface area contributed by atoms with Crippen LogP contribution in [0.1, 0.15) is 17.5 Å². The van der Waals surface area contributed by atoms with Crippen LogP contribution in [-0.2, 0) is 12.6 Å². The monoisotopic (exact) mass is 283 g/mol. The van der Waals surface area contributed by atoms with E-state index in [9.17, 15) is 13.2 Å². The van der Waals surface area contributed by atoms with Crippen LogP contribution < -0.4 is 17.2 Å². The number of halogens is 3. The van der Waals surface area contributed by atoms with Crippen LogP contribution in [0.4, 0.5) is 13.2 Å². The van der Waals surface area contributed by atoms with Crippen molar-refractivity contribution in [2.45, 2.75) is 24.6 Å². The second-order valence-corrected chi connectivity index (χ2v) is 5.10. The summed E-state index contributed by atoms with van der Waals surface area (Å²) in [5.74, 6) is 0. The third-order valence-electron chi connectivity index (χ3n) is 3.30. The lowest BCUT2D eigenvalue weighted by atomic mass is 9.83. The summed E-state index contributed by atoms with van der Waals surface area (Å²) in [7, 11) is 0. The van der Waals surface area contributed by atoms with Crippen LogP contribution in [-0.4, -0.2) is 5.54 Å². The third-order valence-corrected chi connectivity index (χ3v) is 3.30. The molecule has 1 aromatic carbocycles. The quantitative estimate of drug-likeness (QED) is 0.777. The summed E-state index contributed by atoms with van der Waals surface area (Å²) in [6, 6.07) is 4.98. The van der Waals surface area contributed by atoms with Crippen molar-refractivity contribution in [2.75, 3.05) is 0 Å². The molecule has 3 nitrogen and oxygen atoms in total. The molecule has 0 aliphatic heterocycles. The molecule has 1 aromatic rings. The van der Waals surface area contributed by atoms with Gasteiger partial charge in [-0.25, -0.2) is 0 Å². The van der Waals surface area contributed by atoms with Crippen molar-refractivity contribution in [3.8, 4) is 0 Å². The maximum atomic E-state index is 12.5. The molecule has 0 amide bonds. The number of benzene rings is 1. The van der Waals surface area contributed by atoms with Crippen LogP contribution in [0.15, 0.2) is 47.8 Å². The fourth-order valence-electron chi connectivity index (χ4n) is 2.19. The van der Waals surface area contributed by atoms with E-state index in [-0.39, 0.29) is 0 Å². The van der Waals surface area contributed by atoms with Gasteiger partial charge in [0.15, 0.2) is 0 Å². The van der Waals surface area contributed by atoms with Crippen molar-refractivity contribution < 1.29 is 13.2 Å². The van der Waals surface area contributed by atoms with Crippen molar-refractivity contribution in [2.24, 2.45) is 17.2 Å². The SMILES string of the molecule is NC1=C(N)CC(N)(Cc2ccc(C(F)(F)F)cc2)C=C1. The van der Waals surface area contributed by atoms with E-state index < -0.39 is 17.3 Å². The highest BCUT2D eigenvalue weighted by Crippen LogP contribution is 2.30. The fraction of sp³-hybridized carbons (Fsp3) is 0.286. The Morgan fingerprint density at radius 2 is 1.70 bits per heavy atom. The summed E-state index contributed by atoms with van der Waals surface area (Å²) < 4.78 is 37.4. The molecule has 6 N–H and O–H groups in total. The van der Waals surface area contributed by atoms with Gasteiger partial charge in [-0.3, -0.25) is 0 Å². The van der Waals surface area contributed by atoms with Crippen LogP contribution in [0.2, 0.25) is 0 Å². The van der Waals surface area contributed by atoms with Gasteiger partial charge in [0.05, 0.1) is 11.3 Å². The highest BCUT2D eigenvalue weighted by Gasteiger charge is 2.31. The Labute approximate surface area is 114 Å². The molecule has 1 aliphatic carbocycles. The molecule has 0 saturated heterocycles. The predicted octanol–water partition coefficient (Wildman–Crippen LogP) is 2.03. The number of hydrogen-bond donors (Lipinski definition) is 3. The van der Waals surface area contributed by atoms with Gasteiger partial charge in [0, 0.05) is 17.7 Å². The second-order valence-electron chi connectivity index (χ2n) is 5.10. The molecule has 0 spiro atoms. The van der Waals surface area contributed by atoms with E-state index in [4.69, 9.17) is 17.2 Å². The molecule has 0 heterocycles. The summed E-state index contributed by atoms with van der Waals surface area (Å²) in [5, 5.41) is 0. The minimum Gasteiger partial charge on any atom is -0.400 e. The molecule has 6 heteroatoms. The van der Waals surface area contributed by atoms with E-state index in [0.29, 0.717) is 24.2 Å². The summed E-state index contributed by atoms with van der Waals surface area (Å²) in [4.78, 5) is 0. The zero-order valence-corrected chi connectivity index (χ0v) is 10.7. The molecule has 108 valence electrons. The molecular formula is C14H16F3N3. The van der Waals surface area contributed by atoms with E-state index >= 15 is 0 Å². The van der Waals surface area contributed by atoms with Crippen molar-refractivity contribution >= 4 is 0 Å². The highest BCUT2D eigenvalue weighted by molar-refractivity contribution is 5.34. The van der Waals surface area contributed by atoms with Gasteiger partial charge in [0.25, 0.3) is 0 Å². The van der Waals surface area contributed by atoms with Crippen LogP contribution in [0, 0.1) is 0 Å². The topological polar surface area (TPSA) is 78.1 Å². The Balaban J connectivity index is 2.14. The first-order chi connectivity index (χ1) is 9.20. The van der Waals surface area contributed by atoms with Crippen LogP contribution in [0.25, 0.3) is 0 Å². The van der Waals surface area contributed by atoms with Crippen molar-refractivity contribution in [3.05, 3.63) is 58.9 Å². The first kappa shape index (κ1) is 14.5. The van der Waals surface area contributed by atoms with Gasteiger partial charge in [-0.05, 0) is 30.2 Å². The first-order valence-corrected chi connectivity index (χ1v) is 6.08. The molecule has 0 radical (unpaired) electrons. The maximum Gasteiger partial charge on any atom is 0.416 e. The average Bonchev–Trinajstić information content (AvgIpc) is 2.34. The largest absolute Gasteiger partial charge is 0.416 e. The normalized spacial score (nSPS) is 23.2. The van der Waals surface area contributed by atoms with E-state index in [1.807, 2.05) is 0 Å². The van der Waals surface area contributed by atoms with Crippen molar-refractivity contribution in [3.63, 3.8) is 0 Å². The molecule has 1 unspecified atom stereocenters. The number of nitrogens with two attached hydrogens (primary N) is 3. The molecule has 1 atom stereocenters. The van der Waals surface area contributed by atoms with Crippen LogP contribution in [0.3, 0.4) is 0 Å². The molecule has 0 fully saturated rings. The zero-order valence-electron chi connectivity index (χ0n) is 10.7. The maximum absolute atomic E-state index is 12.5. The van der Waals surface area contributed by atoms with Crippen LogP contribution >= 0.6 is 0 Å². The molecular weight excluding hydrogens is 267 g/mol. The summed E-state index contributed by atoms with van der Waals surface area (Å²) in [5.41, 5.74) is 17.9. The minimum absolute atomic E-state index is 0.385. The number of rotatable bonds is 2. The standard InChI is InChI=1S/C14H16F3N3/c15-14(16,17)10-3-1-9(2-4-10)7-13(20)6-5-11(18)12(19)8-13/h1-6H,7-8,18-20H2. The van der Waals surface area contributed by atoms with Gasteiger partial charge in [0.1, 0.15) is 0 Å². The Hall–Kier alpha value is -1.95. The molecule has 20 heavy (non-hydrogen) atoms. The lowest BCUT2D eigenvalue weighted by Crippen LogP contribution is -2.43. The van der Waals surface area contributed by atoms with Crippen LogP contribution in [0.5, 0.6) is 0 Å². The molecule has 0 aromatic heterocycles. The van der Waals surface area contributed by atoms with Gasteiger partial charge < -0.3 is 17.2 Å². The predicted molar refractivity (Wildman–Crippen MR) is 71.2 cm³/mol. The van der Waals surface area contributed by atoms with Gasteiger partial charge in [-0.1, -0.05) is 18.2 Å². The second kappa shape index (κ2) is 4.86. The van der Waals surface area contributed by atoms with Gasteiger partial charge in [0.2, 0.25) is 0 Å². The Morgan fingerprint density at radius 1 is 1.10 bits per heavy atom. The van der Waals surface area contributed by atoms with Gasteiger partial charge >= 0.3 is 6.18 Å². The summed E-state index contributed by atoms with van der Waals surface area (Å²) >= 11 is 0. The summed E-state index contributed by atoms with van der Waals surface area (Å²) in [6.07, 6.45) is -0.156. The number of alkyl halides is 3. The third kappa shape index (κ3) is 3.14. The molecule has 0 bridgehead atoms. The van der Waals surface area contributed by atoms with Gasteiger partial charge in [-0.2, -0.15) is 13.2 Å². The molecule has 0 saturated carbocycles. The van der Waals surface area contributed by atoms with Crippen molar-refractivity contribution in [1.29, 1.82) is 0 Å². The summed E-state index contributed by atoms with van der Waals surface area (Å²) in [6.45, 7) is 0. The minimum atomic E-state index is -4.33. The Bertz CT molecular complexity index is 558. The fourth-order valence-corrected chi connectivity index (χ4v) is 2.19. The highest BCUT2D eigenvalue weighted by atomic mass is 19.4. The van der Waals surface area contributed by atoms with E-state index in [1.165, 1.54) is 12.1 Å². The van der Waals surface area contributed by atoms with Gasteiger partial charge in [-0.15, -0.1) is 0 Å². The zero-order chi connectivity index (χ0) is 15.0. The lowest BCUT2D eigenvalue weighted by Gasteiger charge is -2.29. The number of hydrogen-bond acceptors (Lipinski definition) is 3. The molecule has 1 aliphatic rings.